The summed E-state index contributed by atoms with van der Waals surface area (Å²) in [6, 6.07) is 14.5. The van der Waals surface area contributed by atoms with E-state index in [1.165, 1.54) is 4.31 Å². The predicted octanol–water partition coefficient (Wildman–Crippen LogP) is 2.66. The van der Waals surface area contributed by atoms with Gasteiger partial charge in [-0.15, -0.1) is 0 Å². The third-order valence-electron chi connectivity index (χ3n) is 5.58. The van der Waals surface area contributed by atoms with Gasteiger partial charge in [0.25, 0.3) is 0 Å². The first kappa shape index (κ1) is 22.5. The zero-order valence-electron chi connectivity index (χ0n) is 18.0. The Bertz CT molecular complexity index is 965. The van der Waals surface area contributed by atoms with Crippen molar-refractivity contribution in [2.75, 3.05) is 39.3 Å². The number of likely N-dealkylation sites (N-methyl/N-ethyl adjacent to an activating group) is 1. The van der Waals surface area contributed by atoms with Gasteiger partial charge in [0.2, 0.25) is 15.9 Å². The maximum atomic E-state index is 13.4. The van der Waals surface area contributed by atoms with Gasteiger partial charge >= 0.3 is 0 Å². The molecule has 1 amide bonds. The zero-order chi connectivity index (χ0) is 21.7. The van der Waals surface area contributed by atoms with Crippen molar-refractivity contribution in [3.63, 3.8) is 0 Å². The number of carbonyl (C=O) groups is 1. The molecule has 0 atom stereocenters. The second kappa shape index (κ2) is 9.73. The minimum absolute atomic E-state index is 0.144. The Morgan fingerprint density at radius 2 is 1.63 bits per heavy atom. The molecule has 0 aliphatic carbocycles. The fraction of sp³-hybridized carbons (Fsp3) is 0.435. The molecule has 30 heavy (non-hydrogen) atoms. The first-order valence-corrected chi connectivity index (χ1v) is 11.9. The van der Waals surface area contributed by atoms with Gasteiger partial charge in [-0.2, -0.15) is 4.31 Å². The molecule has 0 bridgehead atoms. The summed E-state index contributed by atoms with van der Waals surface area (Å²) < 4.78 is 28.1. The Morgan fingerprint density at radius 3 is 2.23 bits per heavy atom. The van der Waals surface area contributed by atoms with Crippen molar-refractivity contribution in [2.24, 2.45) is 0 Å². The smallest absolute Gasteiger partial charge is 0.243 e. The molecule has 1 saturated heterocycles. The van der Waals surface area contributed by atoms with E-state index in [0.717, 1.165) is 36.3 Å². The minimum Gasteiger partial charge on any atom is -0.339 e. The van der Waals surface area contributed by atoms with Gasteiger partial charge in [0.15, 0.2) is 0 Å². The lowest BCUT2D eigenvalue weighted by atomic mass is 10.1. The molecule has 1 aliphatic rings. The van der Waals surface area contributed by atoms with Crippen molar-refractivity contribution in [1.29, 1.82) is 0 Å². The highest BCUT2D eigenvalue weighted by molar-refractivity contribution is 7.89. The lowest BCUT2D eigenvalue weighted by Crippen LogP contribution is -2.51. The molecule has 0 saturated carbocycles. The summed E-state index contributed by atoms with van der Waals surface area (Å²) >= 11 is 0. The lowest BCUT2D eigenvalue weighted by molar-refractivity contribution is -0.133. The highest BCUT2D eigenvalue weighted by Gasteiger charge is 2.29. The third kappa shape index (κ3) is 5.47. The molecule has 0 radical (unpaired) electrons. The van der Waals surface area contributed by atoms with E-state index >= 15 is 0 Å². The van der Waals surface area contributed by atoms with E-state index in [4.69, 9.17) is 0 Å². The van der Waals surface area contributed by atoms with Crippen LogP contribution in [0.5, 0.6) is 0 Å². The molecule has 1 heterocycles. The Balaban J connectivity index is 1.83. The van der Waals surface area contributed by atoms with E-state index < -0.39 is 10.0 Å². The van der Waals surface area contributed by atoms with Gasteiger partial charge in [0.05, 0.1) is 11.4 Å². The van der Waals surface area contributed by atoms with Gasteiger partial charge in [0, 0.05) is 32.7 Å². The number of rotatable bonds is 7. The fourth-order valence-electron chi connectivity index (χ4n) is 3.66. The number of aryl methyl sites for hydroxylation is 2. The number of sulfonamides is 1. The van der Waals surface area contributed by atoms with Crippen LogP contribution in [0.15, 0.2) is 53.4 Å². The van der Waals surface area contributed by atoms with Crippen LogP contribution in [0.3, 0.4) is 0 Å². The highest BCUT2D eigenvalue weighted by atomic mass is 32.2. The molecule has 2 aromatic rings. The molecule has 1 aliphatic heterocycles. The molecular formula is C23H31N3O3S. The maximum absolute atomic E-state index is 13.4. The number of hydrogen-bond donors (Lipinski definition) is 0. The standard InChI is InChI=1S/C23H31N3O3S/c1-4-24-12-14-25(15-13-24)23(27)18-26(17-21-7-5-6-20(3)16-21)30(28,29)22-10-8-19(2)9-11-22/h5-11,16H,4,12-15,17-18H2,1-3H3. The molecular weight excluding hydrogens is 398 g/mol. The normalized spacial score (nSPS) is 15.5. The van der Waals surface area contributed by atoms with Gasteiger partial charge < -0.3 is 9.80 Å². The van der Waals surface area contributed by atoms with E-state index in [1.807, 2.05) is 38.1 Å². The summed E-state index contributed by atoms with van der Waals surface area (Å²) in [5.74, 6) is -0.144. The second-order valence-corrected chi connectivity index (χ2v) is 9.83. The first-order valence-electron chi connectivity index (χ1n) is 10.4. The van der Waals surface area contributed by atoms with Crippen LogP contribution < -0.4 is 0 Å². The van der Waals surface area contributed by atoms with Crippen molar-refractivity contribution in [2.45, 2.75) is 32.2 Å². The predicted molar refractivity (Wildman–Crippen MR) is 119 cm³/mol. The summed E-state index contributed by atoms with van der Waals surface area (Å²) in [6.07, 6.45) is 0. The van der Waals surface area contributed by atoms with Gasteiger partial charge in [0.1, 0.15) is 0 Å². The van der Waals surface area contributed by atoms with Gasteiger partial charge in [-0.25, -0.2) is 8.42 Å². The van der Waals surface area contributed by atoms with Crippen molar-refractivity contribution in [3.05, 3.63) is 65.2 Å². The van der Waals surface area contributed by atoms with Crippen molar-refractivity contribution >= 4 is 15.9 Å². The Labute approximate surface area is 180 Å². The van der Waals surface area contributed by atoms with Crippen LogP contribution in [0.25, 0.3) is 0 Å². The second-order valence-electron chi connectivity index (χ2n) is 7.89. The number of piperazine rings is 1. The van der Waals surface area contributed by atoms with Crippen LogP contribution in [0, 0.1) is 13.8 Å². The molecule has 162 valence electrons. The average molecular weight is 430 g/mol. The van der Waals surface area contributed by atoms with Crippen molar-refractivity contribution in [1.82, 2.24) is 14.1 Å². The largest absolute Gasteiger partial charge is 0.339 e. The Morgan fingerprint density at radius 1 is 0.967 bits per heavy atom. The zero-order valence-corrected chi connectivity index (χ0v) is 18.9. The van der Waals surface area contributed by atoms with E-state index in [-0.39, 0.29) is 23.9 Å². The van der Waals surface area contributed by atoms with Crippen LogP contribution in [0.1, 0.15) is 23.6 Å². The summed E-state index contributed by atoms with van der Waals surface area (Å²) in [6.45, 7) is 9.88. The number of benzene rings is 2. The first-order chi connectivity index (χ1) is 14.3. The van der Waals surface area contributed by atoms with Crippen LogP contribution in [-0.4, -0.2) is 67.7 Å². The fourth-order valence-corrected chi connectivity index (χ4v) is 5.04. The molecule has 3 rings (SSSR count). The van der Waals surface area contributed by atoms with Crippen LogP contribution >= 0.6 is 0 Å². The third-order valence-corrected chi connectivity index (χ3v) is 7.39. The quantitative estimate of drug-likeness (QED) is 0.679. The van der Waals surface area contributed by atoms with E-state index in [2.05, 4.69) is 11.8 Å². The van der Waals surface area contributed by atoms with E-state index in [9.17, 15) is 13.2 Å². The minimum atomic E-state index is -3.80. The van der Waals surface area contributed by atoms with Crippen molar-refractivity contribution in [3.8, 4) is 0 Å². The highest BCUT2D eigenvalue weighted by Crippen LogP contribution is 2.20. The number of carbonyl (C=O) groups excluding carboxylic acids is 1. The summed E-state index contributed by atoms with van der Waals surface area (Å²) in [5, 5.41) is 0. The molecule has 7 heteroatoms. The van der Waals surface area contributed by atoms with Gasteiger partial charge in [-0.05, 0) is 38.1 Å². The van der Waals surface area contributed by atoms with Crippen LogP contribution in [0.4, 0.5) is 0 Å². The number of nitrogens with zero attached hydrogens (tertiary/aromatic N) is 3. The molecule has 0 spiro atoms. The molecule has 0 aromatic heterocycles. The van der Waals surface area contributed by atoms with Crippen LogP contribution in [-0.2, 0) is 21.4 Å². The lowest BCUT2D eigenvalue weighted by Gasteiger charge is -2.35. The topological polar surface area (TPSA) is 60.9 Å². The molecule has 6 nitrogen and oxygen atoms in total. The number of hydrogen-bond acceptors (Lipinski definition) is 4. The van der Waals surface area contributed by atoms with E-state index in [1.54, 1.807) is 29.2 Å². The Kier molecular flexibility index (Phi) is 7.28. The van der Waals surface area contributed by atoms with Gasteiger partial charge in [-0.3, -0.25) is 4.79 Å². The monoisotopic (exact) mass is 429 g/mol. The Hall–Kier alpha value is -2.22. The molecule has 0 N–H and O–H groups in total. The molecule has 1 fully saturated rings. The molecule has 0 unspecified atom stereocenters. The van der Waals surface area contributed by atoms with Gasteiger partial charge in [-0.1, -0.05) is 54.4 Å². The summed E-state index contributed by atoms with van der Waals surface area (Å²) in [4.78, 5) is 17.3. The average Bonchev–Trinajstić information content (AvgIpc) is 2.73. The molecule has 2 aromatic carbocycles. The summed E-state index contributed by atoms with van der Waals surface area (Å²) in [5.41, 5.74) is 2.92. The van der Waals surface area contributed by atoms with Crippen molar-refractivity contribution < 1.29 is 13.2 Å². The van der Waals surface area contributed by atoms with Crippen LogP contribution in [0.2, 0.25) is 0 Å². The SMILES string of the molecule is CCN1CCN(C(=O)CN(Cc2cccc(C)c2)S(=O)(=O)c2ccc(C)cc2)CC1. The maximum Gasteiger partial charge on any atom is 0.243 e. The number of amides is 1. The van der Waals surface area contributed by atoms with E-state index in [0.29, 0.717) is 13.1 Å². The summed E-state index contributed by atoms with van der Waals surface area (Å²) in [7, 11) is -3.80.